The number of carbonyl (C=O) groups excluding carboxylic acids is 4. The van der Waals surface area contributed by atoms with Gasteiger partial charge in [0.2, 0.25) is 23.6 Å². The van der Waals surface area contributed by atoms with Gasteiger partial charge in [-0.15, -0.1) is 0 Å². The van der Waals surface area contributed by atoms with Crippen LogP contribution < -0.4 is 21.3 Å². The largest absolute Gasteiger partial charge is 0.478 e. The van der Waals surface area contributed by atoms with Crippen molar-refractivity contribution in [1.82, 2.24) is 21.3 Å². The maximum Gasteiger partial charge on any atom is 0.335 e. The minimum Gasteiger partial charge on any atom is -0.478 e. The van der Waals surface area contributed by atoms with Gasteiger partial charge in [0, 0.05) is 13.1 Å². The van der Waals surface area contributed by atoms with Crippen LogP contribution in [0.3, 0.4) is 0 Å². The molecule has 0 aliphatic heterocycles. The minimum absolute atomic E-state index is 0.0404. The van der Waals surface area contributed by atoms with Gasteiger partial charge in [-0.2, -0.15) is 0 Å². The SMILES string of the molecule is CCC(C)[C@H](NC(=O)Cc1ccc(C(=O)O)cc1)C(=O)NCCCCCCCCCCCNC(=O)[C@@H](NC(=O)Cc1ccccc1C(=O)O)C(C)CC. The number of carbonyl (C=O) groups is 6. The third-order valence-corrected chi connectivity index (χ3v) is 9.74. The molecule has 0 aliphatic carbocycles. The zero-order chi connectivity index (χ0) is 39.2. The number of aromatic carboxylic acids is 2. The lowest BCUT2D eigenvalue weighted by atomic mass is 9.97. The van der Waals surface area contributed by atoms with Crippen LogP contribution in [0.2, 0.25) is 0 Å². The monoisotopic (exact) mass is 736 g/mol. The Labute approximate surface area is 314 Å². The third-order valence-electron chi connectivity index (χ3n) is 9.74. The normalized spacial score (nSPS) is 13.2. The molecule has 4 atom stereocenters. The minimum atomic E-state index is -1.09. The predicted octanol–water partition coefficient (Wildman–Crippen LogP) is 5.67. The zero-order valence-electron chi connectivity index (χ0n) is 31.9. The highest BCUT2D eigenvalue weighted by molar-refractivity contribution is 5.93. The van der Waals surface area contributed by atoms with Crippen LogP contribution in [0.25, 0.3) is 0 Å². The molecule has 2 unspecified atom stereocenters. The van der Waals surface area contributed by atoms with E-state index in [9.17, 15) is 33.9 Å². The summed E-state index contributed by atoms with van der Waals surface area (Å²) in [7, 11) is 0. The van der Waals surface area contributed by atoms with Gasteiger partial charge in [-0.25, -0.2) is 9.59 Å². The van der Waals surface area contributed by atoms with Crippen molar-refractivity contribution in [3.05, 3.63) is 70.8 Å². The molecular formula is C41H60N4O8. The zero-order valence-corrected chi connectivity index (χ0v) is 31.9. The van der Waals surface area contributed by atoms with Crippen molar-refractivity contribution < 1.29 is 39.0 Å². The Kier molecular flexibility index (Phi) is 20.5. The van der Waals surface area contributed by atoms with Crippen LogP contribution >= 0.6 is 0 Å². The van der Waals surface area contributed by atoms with E-state index < -0.39 is 24.0 Å². The van der Waals surface area contributed by atoms with E-state index >= 15 is 0 Å². The lowest BCUT2D eigenvalue weighted by molar-refractivity contribution is -0.130. The summed E-state index contributed by atoms with van der Waals surface area (Å²) in [5, 5.41) is 30.1. The molecule has 2 rings (SSSR count). The molecule has 0 saturated carbocycles. The Morgan fingerprint density at radius 2 is 1.00 bits per heavy atom. The molecule has 0 bridgehead atoms. The average molecular weight is 737 g/mol. The lowest BCUT2D eigenvalue weighted by Crippen LogP contribution is -2.50. The molecule has 4 amide bonds. The van der Waals surface area contributed by atoms with Crippen LogP contribution in [-0.4, -0.2) is 71.0 Å². The second-order valence-corrected chi connectivity index (χ2v) is 13.9. The third kappa shape index (κ3) is 16.6. The number of amides is 4. The molecular weight excluding hydrogens is 676 g/mol. The van der Waals surface area contributed by atoms with Crippen LogP contribution in [0.5, 0.6) is 0 Å². The number of benzene rings is 2. The molecule has 0 aliphatic rings. The van der Waals surface area contributed by atoms with Crippen molar-refractivity contribution in [2.24, 2.45) is 11.8 Å². The smallest absolute Gasteiger partial charge is 0.335 e. The first-order chi connectivity index (χ1) is 25.4. The maximum atomic E-state index is 13.0. The molecule has 2 aromatic carbocycles. The van der Waals surface area contributed by atoms with E-state index in [1.54, 1.807) is 30.3 Å². The molecule has 0 fully saturated rings. The summed E-state index contributed by atoms with van der Waals surface area (Å²) in [4.78, 5) is 73.9. The molecule has 0 heterocycles. The highest BCUT2D eigenvalue weighted by atomic mass is 16.4. The Morgan fingerprint density at radius 3 is 1.43 bits per heavy atom. The first kappa shape index (κ1) is 44.4. The molecule has 0 aromatic heterocycles. The first-order valence-electron chi connectivity index (χ1n) is 19.1. The van der Waals surface area contributed by atoms with Gasteiger partial charge in [0.25, 0.3) is 0 Å². The standard InChI is InChI=1S/C41H60N4O8/c1-5-28(3)36(44-34(46)26-30-20-22-31(23-21-30)40(50)51)38(48)42-24-16-12-10-8-7-9-11-13-17-25-43-39(49)37(29(4)6-2)45-35(47)27-32-18-14-15-19-33(32)41(52)53/h14-15,18-23,28-29,36-37H,5-13,16-17,24-27H2,1-4H3,(H,42,48)(H,43,49)(H,44,46)(H,45,47)(H,50,51)(H,52,53)/t28?,29?,36-,37-/m0/s1. The van der Waals surface area contributed by atoms with Gasteiger partial charge in [0.15, 0.2) is 0 Å². The molecule has 2 aromatic rings. The molecule has 12 heteroatoms. The topological polar surface area (TPSA) is 191 Å². The quantitative estimate of drug-likeness (QED) is 0.0666. The highest BCUT2D eigenvalue weighted by Crippen LogP contribution is 2.14. The number of unbranched alkanes of at least 4 members (excludes halogenated alkanes) is 8. The molecule has 6 N–H and O–H groups in total. The number of carboxylic acid groups (broad SMARTS) is 2. The van der Waals surface area contributed by atoms with Crippen LogP contribution in [0.15, 0.2) is 48.5 Å². The summed E-state index contributed by atoms with van der Waals surface area (Å²) in [6.07, 6.45) is 10.5. The molecule has 0 spiro atoms. The summed E-state index contributed by atoms with van der Waals surface area (Å²) in [6, 6.07) is 11.2. The van der Waals surface area contributed by atoms with Crippen molar-refractivity contribution in [1.29, 1.82) is 0 Å². The fraction of sp³-hybridized carbons (Fsp3) is 0.561. The van der Waals surface area contributed by atoms with Crippen LogP contribution in [0.1, 0.15) is 130 Å². The lowest BCUT2D eigenvalue weighted by Gasteiger charge is -2.24. The molecule has 12 nitrogen and oxygen atoms in total. The number of carboxylic acids is 2. The van der Waals surface area contributed by atoms with Crippen molar-refractivity contribution in [2.75, 3.05) is 13.1 Å². The Morgan fingerprint density at radius 1 is 0.566 bits per heavy atom. The van der Waals surface area contributed by atoms with Gasteiger partial charge >= 0.3 is 11.9 Å². The van der Waals surface area contributed by atoms with Crippen molar-refractivity contribution in [3.63, 3.8) is 0 Å². The van der Waals surface area contributed by atoms with Crippen molar-refractivity contribution >= 4 is 35.6 Å². The molecule has 0 saturated heterocycles. The summed E-state index contributed by atoms with van der Waals surface area (Å²) in [5.41, 5.74) is 1.31. The van der Waals surface area contributed by atoms with E-state index in [-0.39, 0.29) is 59.4 Å². The Balaban J connectivity index is 1.58. The van der Waals surface area contributed by atoms with Crippen LogP contribution in [0.4, 0.5) is 0 Å². The molecule has 53 heavy (non-hydrogen) atoms. The molecule has 292 valence electrons. The van der Waals surface area contributed by atoms with E-state index in [0.717, 1.165) is 64.2 Å². The van der Waals surface area contributed by atoms with Crippen molar-refractivity contribution in [2.45, 2.75) is 123 Å². The predicted molar refractivity (Wildman–Crippen MR) is 205 cm³/mol. The number of rotatable bonds is 26. The van der Waals surface area contributed by atoms with E-state index in [4.69, 9.17) is 5.11 Å². The van der Waals surface area contributed by atoms with Gasteiger partial charge in [0.1, 0.15) is 12.1 Å². The Bertz CT molecular complexity index is 1480. The summed E-state index contributed by atoms with van der Waals surface area (Å²) in [5.74, 6) is -3.33. The number of nitrogens with one attached hydrogen (secondary N) is 4. The van der Waals surface area contributed by atoms with E-state index in [2.05, 4.69) is 21.3 Å². The van der Waals surface area contributed by atoms with Gasteiger partial charge in [0.05, 0.1) is 24.0 Å². The second-order valence-electron chi connectivity index (χ2n) is 13.9. The fourth-order valence-electron chi connectivity index (χ4n) is 5.99. The maximum absolute atomic E-state index is 13.0. The summed E-state index contributed by atoms with van der Waals surface area (Å²) < 4.78 is 0. The van der Waals surface area contributed by atoms with Crippen LogP contribution in [0, 0.1) is 11.8 Å². The van der Waals surface area contributed by atoms with Crippen LogP contribution in [-0.2, 0) is 32.0 Å². The van der Waals surface area contributed by atoms with Gasteiger partial charge < -0.3 is 31.5 Å². The average Bonchev–Trinajstić information content (AvgIpc) is 3.14. The number of hydrogen-bond acceptors (Lipinski definition) is 6. The van der Waals surface area contributed by atoms with Gasteiger partial charge in [-0.3, -0.25) is 19.2 Å². The molecule has 0 radical (unpaired) electrons. The first-order valence-corrected chi connectivity index (χ1v) is 19.1. The fourth-order valence-corrected chi connectivity index (χ4v) is 5.99. The van der Waals surface area contributed by atoms with Gasteiger partial charge in [-0.05, 0) is 54.0 Å². The number of hydrogen-bond donors (Lipinski definition) is 6. The van der Waals surface area contributed by atoms with E-state index in [1.807, 2.05) is 27.7 Å². The summed E-state index contributed by atoms with van der Waals surface area (Å²) in [6.45, 7) is 8.85. The van der Waals surface area contributed by atoms with E-state index in [1.165, 1.54) is 18.2 Å². The van der Waals surface area contributed by atoms with E-state index in [0.29, 0.717) is 30.6 Å². The summed E-state index contributed by atoms with van der Waals surface area (Å²) >= 11 is 0. The Hall–Kier alpha value is -4.74. The second kappa shape index (κ2) is 24.5. The van der Waals surface area contributed by atoms with Crippen molar-refractivity contribution in [3.8, 4) is 0 Å². The van der Waals surface area contributed by atoms with Gasteiger partial charge in [-0.1, -0.05) is 116 Å². The highest BCUT2D eigenvalue weighted by Gasteiger charge is 2.27.